The van der Waals surface area contributed by atoms with Crippen LogP contribution < -0.4 is 5.32 Å². The van der Waals surface area contributed by atoms with Gasteiger partial charge < -0.3 is 5.32 Å². The molecule has 0 saturated heterocycles. The molecule has 0 heterocycles. The number of benzene rings is 1. The normalized spacial score (nSPS) is 15.2. The number of halogens is 1. The van der Waals surface area contributed by atoms with Crippen LogP contribution in [0.15, 0.2) is 24.3 Å². The first-order chi connectivity index (χ1) is 9.72. The van der Waals surface area contributed by atoms with Gasteiger partial charge in [-0.3, -0.25) is 4.90 Å². The second kappa shape index (κ2) is 7.90. The highest BCUT2D eigenvalue weighted by Gasteiger charge is 2.19. The molecule has 0 spiro atoms. The van der Waals surface area contributed by atoms with E-state index in [-0.39, 0.29) is 17.4 Å². The lowest BCUT2D eigenvalue weighted by atomic mass is 10.0. The van der Waals surface area contributed by atoms with E-state index in [9.17, 15) is 4.39 Å². The molecule has 120 valence electrons. The Balaban J connectivity index is 2.47. The Morgan fingerprint density at radius 1 is 1.19 bits per heavy atom. The zero-order chi connectivity index (χ0) is 16.0. The molecular weight excluding hydrogens is 263 g/mol. The number of nitrogens with one attached hydrogen (secondary N) is 1. The van der Waals surface area contributed by atoms with Gasteiger partial charge in [0.15, 0.2) is 0 Å². The summed E-state index contributed by atoms with van der Waals surface area (Å²) in [5, 5.41) is 3.51. The molecule has 0 aliphatic carbocycles. The molecule has 1 aromatic rings. The highest BCUT2D eigenvalue weighted by Crippen LogP contribution is 2.24. The Morgan fingerprint density at radius 2 is 1.81 bits per heavy atom. The maximum Gasteiger partial charge on any atom is 0.127 e. The summed E-state index contributed by atoms with van der Waals surface area (Å²) in [7, 11) is 2.08. The minimum absolute atomic E-state index is 0.0942. The van der Waals surface area contributed by atoms with E-state index in [1.807, 2.05) is 12.1 Å². The SMILES string of the molecule is CC(CCCNC(C)(C)C)N(C)C(C)c1ccccc1F. The van der Waals surface area contributed by atoms with Gasteiger partial charge in [0, 0.05) is 23.2 Å². The van der Waals surface area contributed by atoms with Gasteiger partial charge in [-0.15, -0.1) is 0 Å². The lowest BCUT2D eigenvalue weighted by Gasteiger charge is -2.31. The summed E-state index contributed by atoms with van der Waals surface area (Å²) in [6.45, 7) is 11.9. The van der Waals surface area contributed by atoms with Crippen LogP contribution in [0.4, 0.5) is 4.39 Å². The summed E-state index contributed by atoms with van der Waals surface area (Å²) in [6.07, 6.45) is 2.24. The van der Waals surface area contributed by atoms with Gasteiger partial charge in [-0.1, -0.05) is 18.2 Å². The van der Waals surface area contributed by atoms with Gasteiger partial charge in [0.05, 0.1) is 0 Å². The number of hydrogen-bond donors (Lipinski definition) is 1. The summed E-state index contributed by atoms with van der Waals surface area (Å²) in [5.74, 6) is -0.113. The van der Waals surface area contributed by atoms with Crippen LogP contribution >= 0.6 is 0 Å². The van der Waals surface area contributed by atoms with Gasteiger partial charge in [-0.2, -0.15) is 0 Å². The van der Waals surface area contributed by atoms with Crippen molar-refractivity contribution in [3.05, 3.63) is 35.6 Å². The minimum Gasteiger partial charge on any atom is -0.312 e. The van der Waals surface area contributed by atoms with Crippen LogP contribution in [-0.2, 0) is 0 Å². The molecule has 0 bridgehead atoms. The third-order valence-electron chi connectivity index (χ3n) is 4.12. The van der Waals surface area contributed by atoms with E-state index in [0.29, 0.717) is 6.04 Å². The smallest absolute Gasteiger partial charge is 0.127 e. The van der Waals surface area contributed by atoms with Gasteiger partial charge in [0.1, 0.15) is 5.82 Å². The van der Waals surface area contributed by atoms with Gasteiger partial charge in [0.25, 0.3) is 0 Å². The van der Waals surface area contributed by atoms with Crippen molar-refractivity contribution in [1.82, 2.24) is 10.2 Å². The molecule has 1 N–H and O–H groups in total. The molecule has 2 atom stereocenters. The van der Waals surface area contributed by atoms with E-state index in [0.717, 1.165) is 24.9 Å². The molecular formula is C18H31FN2. The van der Waals surface area contributed by atoms with Crippen molar-refractivity contribution in [3.63, 3.8) is 0 Å². The van der Waals surface area contributed by atoms with Crippen molar-refractivity contribution in [3.8, 4) is 0 Å². The first-order valence-electron chi connectivity index (χ1n) is 7.94. The predicted molar refractivity (Wildman–Crippen MR) is 89.0 cm³/mol. The Kier molecular flexibility index (Phi) is 6.82. The van der Waals surface area contributed by atoms with E-state index >= 15 is 0 Å². The van der Waals surface area contributed by atoms with Crippen molar-refractivity contribution >= 4 is 0 Å². The van der Waals surface area contributed by atoms with E-state index in [1.165, 1.54) is 6.07 Å². The first-order valence-corrected chi connectivity index (χ1v) is 7.94. The lowest BCUT2D eigenvalue weighted by Crippen LogP contribution is -2.37. The van der Waals surface area contributed by atoms with Crippen LogP contribution in [0.2, 0.25) is 0 Å². The highest BCUT2D eigenvalue weighted by molar-refractivity contribution is 5.20. The van der Waals surface area contributed by atoms with E-state index in [2.05, 4.69) is 51.9 Å². The van der Waals surface area contributed by atoms with Crippen molar-refractivity contribution in [2.75, 3.05) is 13.6 Å². The van der Waals surface area contributed by atoms with E-state index in [1.54, 1.807) is 6.07 Å². The summed E-state index contributed by atoms with van der Waals surface area (Å²) in [5.41, 5.74) is 0.954. The maximum absolute atomic E-state index is 13.9. The Morgan fingerprint density at radius 3 is 2.38 bits per heavy atom. The molecule has 2 nitrogen and oxygen atoms in total. The highest BCUT2D eigenvalue weighted by atomic mass is 19.1. The lowest BCUT2D eigenvalue weighted by molar-refractivity contribution is 0.182. The molecule has 0 aliphatic rings. The van der Waals surface area contributed by atoms with Crippen molar-refractivity contribution < 1.29 is 4.39 Å². The summed E-state index contributed by atoms with van der Waals surface area (Å²) < 4.78 is 13.9. The van der Waals surface area contributed by atoms with Crippen molar-refractivity contribution in [1.29, 1.82) is 0 Å². The standard InChI is InChI=1S/C18H31FN2/c1-14(10-9-13-20-18(3,4)5)21(6)15(2)16-11-7-8-12-17(16)19/h7-8,11-12,14-15,20H,9-10,13H2,1-6H3. The minimum atomic E-state index is -0.113. The molecule has 0 amide bonds. The van der Waals surface area contributed by atoms with Crippen molar-refractivity contribution in [2.45, 2.75) is 65.1 Å². The van der Waals surface area contributed by atoms with Crippen LogP contribution in [0, 0.1) is 5.82 Å². The van der Waals surface area contributed by atoms with E-state index in [4.69, 9.17) is 0 Å². The third-order valence-corrected chi connectivity index (χ3v) is 4.12. The van der Waals surface area contributed by atoms with Gasteiger partial charge >= 0.3 is 0 Å². The zero-order valence-electron chi connectivity index (χ0n) is 14.4. The average molecular weight is 294 g/mol. The largest absolute Gasteiger partial charge is 0.312 e. The number of hydrogen-bond acceptors (Lipinski definition) is 2. The van der Waals surface area contributed by atoms with Crippen LogP contribution in [0.3, 0.4) is 0 Å². The third kappa shape index (κ3) is 6.15. The maximum atomic E-state index is 13.9. The summed E-state index contributed by atoms with van der Waals surface area (Å²) in [4.78, 5) is 2.26. The fraction of sp³-hybridized carbons (Fsp3) is 0.667. The van der Waals surface area contributed by atoms with Crippen LogP contribution in [-0.4, -0.2) is 30.1 Å². The molecule has 3 heteroatoms. The van der Waals surface area contributed by atoms with Gasteiger partial charge in [0.2, 0.25) is 0 Å². The molecule has 1 aromatic carbocycles. The quantitative estimate of drug-likeness (QED) is 0.751. The fourth-order valence-electron chi connectivity index (χ4n) is 2.48. The average Bonchev–Trinajstić information content (AvgIpc) is 2.41. The summed E-state index contributed by atoms with van der Waals surface area (Å²) in [6, 6.07) is 7.59. The molecule has 0 fully saturated rings. The molecule has 0 radical (unpaired) electrons. The Bertz CT molecular complexity index is 425. The van der Waals surface area contributed by atoms with Crippen molar-refractivity contribution in [2.24, 2.45) is 0 Å². The first kappa shape index (κ1) is 18.1. The van der Waals surface area contributed by atoms with Crippen LogP contribution in [0.5, 0.6) is 0 Å². The Labute approximate surface area is 129 Å². The summed E-state index contributed by atoms with van der Waals surface area (Å²) >= 11 is 0. The van der Waals surface area contributed by atoms with Crippen LogP contribution in [0.1, 0.15) is 59.1 Å². The number of rotatable bonds is 7. The molecule has 21 heavy (non-hydrogen) atoms. The van der Waals surface area contributed by atoms with Crippen LogP contribution in [0.25, 0.3) is 0 Å². The molecule has 0 saturated carbocycles. The second-order valence-corrected chi connectivity index (χ2v) is 7.03. The monoisotopic (exact) mass is 294 g/mol. The molecule has 2 unspecified atom stereocenters. The fourth-order valence-corrected chi connectivity index (χ4v) is 2.48. The van der Waals surface area contributed by atoms with E-state index < -0.39 is 0 Å². The predicted octanol–water partition coefficient (Wildman–Crippen LogP) is 4.38. The zero-order valence-corrected chi connectivity index (χ0v) is 14.4. The molecule has 1 rings (SSSR count). The van der Waals surface area contributed by atoms with Gasteiger partial charge in [-0.05, 0) is 67.1 Å². The molecule has 0 aromatic heterocycles. The molecule has 0 aliphatic heterocycles. The topological polar surface area (TPSA) is 15.3 Å². The number of nitrogens with zero attached hydrogens (tertiary/aromatic N) is 1. The van der Waals surface area contributed by atoms with Gasteiger partial charge in [-0.25, -0.2) is 4.39 Å². The second-order valence-electron chi connectivity index (χ2n) is 7.03. The Hall–Kier alpha value is -0.930.